The zero-order valence-electron chi connectivity index (χ0n) is 11.7. The molecule has 3 aromatic rings. The molecule has 0 spiro atoms. The zero-order chi connectivity index (χ0) is 16.4. The second-order valence-corrected chi connectivity index (χ2v) is 6.47. The molecule has 0 aliphatic heterocycles. The smallest absolute Gasteiger partial charge is 0.262 e. The lowest BCUT2D eigenvalue weighted by Gasteiger charge is -2.09. The summed E-state index contributed by atoms with van der Waals surface area (Å²) in [7, 11) is -3.84. The number of nitriles is 2. The van der Waals surface area contributed by atoms with E-state index in [1.165, 1.54) is 30.5 Å². The minimum absolute atomic E-state index is 0.000570. The van der Waals surface area contributed by atoms with Gasteiger partial charge in [-0.15, -0.1) is 0 Å². The van der Waals surface area contributed by atoms with Gasteiger partial charge in [0.25, 0.3) is 10.0 Å². The summed E-state index contributed by atoms with van der Waals surface area (Å²) in [6.07, 6.45) is 1.53. The van der Waals surface area contributed by atoms with Crippen molar-refractivity contribution in [3.8, 4) is 12.1 Å². The Labute approximate surface area is 132 Å². The lowest BCUT2D eigenvalue weighted by molar-refractivity contribution is 0.601. The van der Waals surface area contributed by atoms with Gasteiger partial charge in [0.05, 0.1) is 33.3 Å². The molecule has 0 unspecified atom stereocenters. The number of anilines is 1. The molecule has 1 heterocycles. The van der Waals surface area contributed by atoms with E-state index in [0.29, 0.717) is 22.2 Å². The van der Waals surface area contributed by atoms with Gasteiger partial charge in [0.1, 0.15) is 6.07 Å². The number of aromatic nitrogens is 1. The lowest BCUT2D eigenvalue weighted by atomic mass is 10.2. The van der Waals surface area contributed by atoms with Crippen LogP contribution in [0.2, 0.25) is 0 Å². The Morgan fingerprint density at radius 3 is 2.57 bits per heavy atom. The second kappa shape index (κ2) is 5.48. The topological polar surface area (TPSA) is 110 Å². The van der Waals surface area contributed by atoms with E-state index in [4.69, 9.17) is 10.5 Å². The fraction of sp³-hybridized carbons (Fsp3) is 0. The molecule has 0 saturated carbocycles. The third-order valence-corrected chi connectivity index (χ3v) is 4.72. The first-order valence-corrected chi connectivity index (χ1v) is 8.06. The van der Waals surface area contributed by atoms with Gasteiger partial charge in [-0.3, -0.25) is 4.72 Å². The first-order valence-electron chi connectivity index (χ1n) is 6.58. The van der Waals surface area contributed by atoms with Crippen LogP contribution in [-0.2, 0) is 10.0 Å². The van der Waals surface area contributed by atoms with E-state index in [1.807, 2.05) is 12.1 Å². The minimum atomic E-state index is -3.84. The van der Waals surface area contributed by atoms with Crippen LogP contribution in [0, 0.1) is 22.7 Å². The SMILES string of the molecule is N#Cc1cccc(S(=O)(=O)Nc2cccc3c(C#N)c[nH]c23)c1. The molecule has 2 aromatic carbocycles. The summed E-state index contributed by atoms with van der Waals surface area (Å²) in [5.74, 6) is 0. The van der Waals surface area contributed by atoms with Crippen LogP contribution in [0.1, 0.15) is 11.1 Å². The monoisotopic (exact) mass is 322 g/mol. The van der Waals surface area contributed by atoms with E-state index in [-0.39, 0.29) is 10.5 Å². The number of nitrogens with zero attached hydrogens (tertiary/aromatic N) is 2. The Balaban J connectivity index is 2.06. The predicted molar refractivity (Wildman–Crippen MR) is 85.0 cm³/mol. The van der Waals surface area contributed by atoms with E-state index >= 15 is 0 Å². The molecule has 6 nitrogen and oxygen atoms in total. The van der Waals surface area contributed by atoms with E-state index in [0.717, 1.165) is 0 Å². The van der Waals surface area contributed by atoms with Crippen LogP contribution in [0.5, 0.6) is 0 Å². The minimum Gasteiger partial charge on any atom is -0.358 e. The van der Waals surface area contributed by atoms with Crippen LogP contribution in [-0.4, -0.2) is 13.4 Å². The van der Waals surface area contributed by atoms with Crippen molar-refractivity contribution in [2.45, 2.75) is 4.90 Å². The van der Waals surface area contributed by atoms with Gasteiger partial charge in [0.15, 0.2) is 0 Å². The number of sulfonamides is 1. The number of hydrogen-bond donors (Lipinski definition) is 2. The maximum Gasteiger partial charge on any atom is 0.262 e. The fourth-order valence-electron chi connectivity index (χ4n) is 2.27. The van der Waals surface area contributed by atoms with Crippen molar-refractivity contribution >= 4 is 26.6 Å². The molecule has 0 bridgehead atoms. The van der Waals surface area contributed by atoms with Crippen molar-refractivity contribution in [1.29, 1.82) is 10.5 Å². The third-order valence-electron chi connectivity index (χ3n) is 3.35. The van der Waals surface area contributed by atoms with E-state index < -0.39 is 10.0 Å². The summed E-state index contributed by atoms with van der Waals surface area (Å²) in [6, 6.07) is 14.7. The van der Waals surface area contributed by atoms with Crippen molar-refractivity contribution in [3.05, 3.63) is 59.8 Å². The molecule has 0 atom stereocenters. The molecule has 7 heteroatoms. The first-order chi connectivity index (χ1) is 11.0. The number of rotatable bonds is 3. The summed E-state index contributed by atoms with van der Waals surface area (Å²) < 4.78 is 27.5. The van der Waals surface area contributed by atoms with Crippen molar-refractivity contribution in [1.82, 2.24) is 4.98 Å². The van der Waals surface area contributed by atoms with Gasteiger partial charge >= 0.3 is 0 Å². The molecule has 2 N–H and O–H groups in total. The fourth-order valence-corrected chi connectivity index (χ4v) is 3.39. The van der Waals surface area contributed by atoms with Gasteiger partial charge in [-0.2, -0.15) is 10.5 Å². The number of aromatic amines is 1. The van der Waals surface area contributed by atoms with Gasteiger partial charge in [-0.25, -0.2) is 8.42 Å². The van der Waals surface area contributed by atoms with E-state index in [2.05, 4.69) is 9.71 Å². The van der Waals surface area contributed by atoms with Gasteiger partial charge < -0.3 is 4.98 Å². The quantitative estimate of drug-likeness (QED) is 0.772. The van der Waals surface area contributed by atoms with Crippen molar-refractivity contribution in [2.75, 3.05) is 4.72 Å². The van der Waals surface area contributed by atoms with E-state index in [1.54, 1.807) is 18.2 Å². The molecular weight excluding hydrogens is 312 g/mol. The molecule has 3 rings (SSSR count). The Morgan fingerprint density at radius 2 is 1.83 bits per heavy atom. The van der Waals surface area contributed by atoms with Crippen molar-refractivity contribution in [3.63, 3.8) is 0 Å². The average Bonchev–Trinajstić information content (AvgIpc) is 2.99. The van der Waals surface area contributed by atoms with Crippen LogP contribution < -0.4 is 4.72 Å². The molecule has 23 heavy (non-hydrogen) atoms. The van der Waals surface area contributed by atoms with Crippen LogP contribution in [0.25, 0.3) is 10.9 Å². The lowest BCUT2D eigenvalue weighted by Crippen LogP contribution is -2.13. The molecule has 0 aliphatic carbocycles. The number of para-hydroxylation sites is 1. The predicted octanol–water partition coefficient (Wildman–Crippen LogP) is 2.71. The maximum absolute atomic E-state index is 12.5. The number of hydrogen-bond acceptors (Lipinski definition) is 4. The molecule has 1 aromatic heterocycles. The number of nitrogens with one attached hydrogen (secondary N) is 2. The van der Waals surface area contributed by atoms with Crippen LogP contribution in [0.15, 0.2) is 53.6 Å². The first kappa shape index (κ1) is 14.6. The van der Waals surface area contributed by atoms with Crippen molar-refractivity contribution in [2.24, 2.45) is 0 Å². The molecule has 0 radical (unpaired) electrons. The molecule has 112 valence electrons. The highest BCUT2D eigenvalue weighted by molar-refractivity contribution is 7.92. The highest BCUT2D eigenvalue weighted by Crippen LogP contribution is 2.27. The van der Waals surface area contributed by atoms with Gasteiger partial charge in [0.2, 0.25) is 0 Å². The van der Waals surface area contributed by atoms with Gasteiger partial charge in [-0.1, -0.05) is 18.2 Å². The molecule has 0 saturated heterocycles. The normalized spacial score (nSPS) is 10.9. The Hall–Kier alpha value is -3.29. The zero-order valence-corrected chi connectivity index (χ0v) is 12.6. The maximum atomic E-state index is 12.5. The van der Waals surface area contributed by atoms with Gasteiger partial charge in [-0.05, 0) is 24.3 Å². The average molecular weight is 322 g/mol. The Kier molecular flexibility index (Phi) is 3.49. The standard InChI is InChI=1S/C16H10N4O2S/c17-8-11-3-1-4-13(7-11)23(21,22)20-15-6-2-5-14-12(9-18)10-19-16(14)15/h1-7,10,19-20H. The molecule has 0 amide bonds. The summed E-state index contributed by atoms with van der Waals surface area (Å²) in [6.45, 7) is 0. The van der Waals surface area contributed by atoms with E-state index in [9.17, 15) is 8.42 Å². The second-order valence-electron chi connectivity index (χ2n) is 4.79. The number of H-pyrrole nitrogens is 1. The molecular formula is C16H10N4O2S. The molecule has 0 aliphatic rings. The summed E-state index contributed by atoms with van der Waals surface area (Å²) in [5.41, 5.74) is 1.57. The summed E-state index contributed by atoms with van der Waals surface area (Å²) in [5, 5.41) is 18.6. The van der Waals surface area contributed by atoms with Crippen LogP contribution in [0.4, 0.5) is 5.69 Å². The van der Waals surface area contributed by atoms with Crippen molar-refractivity contribution < 1.29 is 8.42 Å². The Bertz CT molecular complexity index is 1090. The highest BCUT2D eigenvalue weighted by Gasteiger charge is 2.17. The highest BCUT2D eigenvalue weighted by atomic mass is 32.2. The van der Waals surface area contributed by atoms with Gasteiger partial charge in [0, 0.05) is 11.6 Å². The molecule has 0 fully saturated rings. The Morgan fingerprint density at radius 1 is 1.04 bits per heavy atom. The van der Waals surface area contributed by atoms with Crippen LogP contribution >= 0.6 is 0 Å². The summed E-state index contributed by atoms with van der Waals surface area (Å²) in [4.78, 5) is 2.90. The summed E-state index contributed by atoms with van der Waals surface area (Å²) >= 11 is 0. The van der Waals surface area contributed by atoms with Crippen LogP contribution in [0.3, 0.4) is 0 Å². The number of fused-ring (bicyclic) bond motifs is 1. The third kappa shape index (κ3) is 2.61. The largest absolute Gasteiger partial charge is 0.358 e. The number of benzene rings is 2.